The van der Waals surface area contributed by atoms with Crippen molar-refractivity contribution in [2.45, 2.75) is 25.8 Å². The van der Waals surface area contributed by atoms with Gasteiger partial charge in [-0.25, -0.2) is 12.8 Å². The van der Waals surface area contributed by atoms with Gasteiger partial charge in [-0.05, 0) is 49.1 Å². The predicted molar refractivity (Wildman–Crippen MR) is 81.9 cm³/mol. The minimum atomic E-state index is -2.95. The topological polar surface area (TPSA) is 46.2 Å². The minimum Gasteiger partial charge on any atom is -0.310 e. The molecule has 2 rings (SSSR count). The summed E-state index contributed by atoms with van der Waals surface area (Å²) in [5.74, 6) is 0.115. The van der Waals surface area contributed by atoms with Crippen LogP contribution in [0.3, 0.4) is 0 Å². The van der Waals surface area contributed by atoms with Crippen molar-refractivity contribution in [1.29, 1.82) is 0 Å². The van der Waals surface area contributed by atoms with Crippen LogP contribution in [0, 0.1) is 11.7 Å². The molecule has 2 unspecified atom stereocenters. The Balaban J connectivity index is 2.30. The lowest BCUT2D eigenvalue weighted by Crippen LogP contribution is -2.30. The zero-order valence-corrected chi connectivity index (χ0v) is 13.8. The maximum Gasteiger partial charge on any atom is 0.150 e. The molecule has 1 aliphatic heterocycles. The Morgan fingerprint density at radius 2 is 2.25 bits per heavy atom. The quantitative estimate of drug-likeness (QED) is 0.874. The minimum absolute atomic E-state index is 0.00431. The third-order valence-electron chi connectivity index (χ3n) is 3.65. The Morgan fingerprint density at radius 3 is 2.85 bits per heavy atom. The second-order valence-corrected chi connectivity index (χ2v) is 8.34. The fourth-order valence-corrected chi connectivity index (χ4v) is 5.00. The van der Waals surface area contributed by atoms with Crippen LogP contribution < -0.4 is 5.32 Å². The highest BCUT2D eigenvalue weighted by molar-refractivity contribution is 9.10. The van der Waals surface area contributed by atoms with Gasteiger partial charge < -0.3 is 5.32 Å². The molecule has 0 amide bonds. The van der Waals surface area contributed by atoms with Crippen molar-refractivity contribution in [3.8, 4) is 0 Å². The number of hydrogen-bond donors (Lipinski definition) is 1. The summed E-state index contributed by atoms with van der Waals surface area (Å²) in [5.41, 5.74) is 0.806. The van der Waals surface area contributed by atoms with Crippen LogP contribution in [0.5, 0.6) is 0 Å². The summed E-state index contributed by atoms with van der Waals surface area (Å²) >= 11 is 3.44. The van der Waals surface area contributed by atoms with Gasteiger partial charge in [-0.15, -0.1) is 0 Å². The maximum atomic E-state index is 13.5. The molecule has 1 N–H and O–H groups in total. The Bertz CT molecular complexity index is 577. The lowest BCUT2D eigenvalue weighted by Gasteiger charge is -2.25. The molecule has 0 bridgehead atoms. The van der Waals surface area contributed by atoms with Crippen LogP contribution >= 0.6 is 15.9 Å². The summed E-state index contributed by atoms with van der Waals surface area (Å²) in [6.45, 7) is 2.83. The molecule has 0 saturated carbocycles. The number of benzene rings is 1. The van der Waals surface area contributed by atoms with Crippen LogP contribution in [-0.4, -0.2) is 26.5 Å². The zero-order valence-electron chi connectivity index (χ0n) is 11.4. The van der Waals surface area contributed by atoms with Crippen molar-refractivity contribution in [2.75, 3.05) is 18.1 Å². The highest BCUT2D eigenvalue weighted by Gasteiger charge is 2.35. The van der Waals surface area contributed by atoms with Gasteiger partial charge in [-0.2, -0.15) is 0 Å². The summed E-state index contributed by atoms with van der Waals surface area (Å²) in [7, 11) is -2.95. The van der Waals surface area contributed by atoms with Crippen molar-refractivity contribution in [3.05, 3.63) is 34.1 Å². The Morgan fingerprint density at radius 1 is 1.50 bits per heavy atom. The summed E-state index contributed by atoms with van der Waals surface area (Å²) < 4.78 is 37.7. The molecule has 0 aliphatic carbocycles. The third-order valence-corrected chi connectivity index (χ3v) is 6.16. The highest BCUT2D eigenvalue weighted by Crippen LogP contribution is 2.35. The molecule has 6 heteroatoms. The monoisotopic (exact) mass is 363 g/mol. The Hall–Kier alpha value is -0.460. The Kier molecular flexibility index (Phi) is 5.20. The molecule has 0 spiro atoms. The molecule has 2 atom stereocenters. The summed E-state index contributed by atoms with van der Waals surface area (Å²) in [5, 5.41) is 3.37. The van der Waals surface area contributed by atoms with Gasteiger partial charge in [0, 0.05) is 10.5 Å². The predicted octanol–water partition coefficient (Wildman–Crippen LogP) is 3.06. The Labute approximate surface area is 128 Å². The second kappa shape index (κ2) is 6.54. The summed E-state index contributed by atoms with van der Waals surface area (Å²) in [6, 6.07) is 4.43. The van der Waals surface area contributed by atoms with Crippen LogP contribution in [-0.2, 0) is 9.84 Å². The first-order valence-corrected chi connectivity index (χ1v) is 9.43. The van der Waals surface area contributed by atoms with Gasteiger partial charge in [0.05, 0.1) is 11.5 Å². The number of hydrogen-bond acceptors (Lipinski definition) is 3. The average molecular weight is 364 g/mol. The normalized spacial score (nSPS) is 22.9. The molecule has 0 radical (unpaired) electrons. The van der Waals surface area contributed by atoms with Crippen LogP contribution in [0.25, 0.3) is 0 Å². The largest absolute Gasteiger partial charge is 0.310 e. The first-order valence-electron chi connectivity index (χ1n) is 6.81. The van der Waals surface area contributed by atoms with Crippen molar-refractivity contribution in [2.24, 2.45) is 5.92 Å². The number of rotatable bonds is 5. The zero-order chi connectivity index (χ0) is 14.8. The average Bonchev–Trinajstić information content (AvgIpc) is 2.74. The van der Waals surface area contributed by atoms with E-state index < -0.39 is 9.84 Å². The smallest absolute Gasteiger partial charge is 0.150 e. The summed E-state index contributed by atoms with van der Waals surface area (Å²) in [4.78, 5) is 0. The molecular formula is C14H19BrFNO2S. The van der Waals surface area contributed by atoms with E-state index in [1.54, 1.807) is 6.07 Å². The number of halogens is 2. The molecule has 1 aromatic rings. The molecule has 1 fully saturated rings. The molecular weight excluding hydrogens is 345 g/mol. The van der Waals surface area contributed by atoms with Gasteiger partial charge in [-0.3, -0.25) is 0 Å². The van der Waals surface area contributed by atoms with E-state index in [9.17, 15) is 12.8 Å². The van der Waals surface area contributed by atoms with Crippen molar-refractivity contribution in [1.82, 2.24) is 5.32 Å². The van der Waals surface area contributed by atoms with Crippen LogP contribution in [0.2, 0.25) is 0 Å². The number of nitrogens with one attached hydrogen (secondary N) is 1. The van der Waals surface area contributed by atoms with Crippen LogP contribution in [0.4, 0.5) is 4.39 Å². The lowest BCUT2D eigenvalue weighted by molar-refractivity contribution is 0.390. The standard InChI is InChI=1S/C14H19BrFNO2S/c1-2-6-17-14(10-5-7-20(18,19)9-10)12-8-11(16)3-4-13(12)15/h3-4,8,10,14,17H,2,5-7,9H2,1H3. The summed E-state index contributed by atoms with van der Waals surface area (Å²) in [6.07, 6.45) is 1.58. The van der Waals surface area contributed by atoms with Gasteiger partial charge in [0.25, 0.3) is 0 Å². The van der Waals surface area contributed by atoms with Crippen molar-refractivity contribution < 1.29 is 12.8 Å². The first-order chi connectivity index (χ1) is 9.43. The first kappa shape index (κ1) is 15.9. The van der Waals surface area contributed by atoms with E-state index in [4.69, 9.17) is 0 Å². The van der Waals surface area contributed by atoms with Gasteiger partial charge in [0.2, 0.25) is 0 Å². The molecule has 0 aromatic heterocycles. The fraction of sp³-hybridized carbons (Fsp3) is 0.571. The van der Waals surface area contributed by atoms with E-state index in [1.807, 2.05) is 0 Å². The van der Waals surface area contributed by atoms with Crippen molar-refractivity contribution >= 4 is 25.8 Å². The molecule has 1 aliphatic rings. The van der Waals surface area contributed by atoms with Gasteiger partial charge in [0.15, 0.2) is 9.84 Å². The molecule has 1 saturated heterocycles. The van der Waals surface area contributed by atoms with Gasteiger partial charge >= 0.3 is 0 Å². The van der Waals surface area contributed by atoms with Crippen LogP contribution in [0.1, 0.15) is 31.4 Å². The second-order valence-electron chi connectivity index (χ2n) is 5.26. The van der Waals surface area contributed by atoms with E-state index in [1.165, 1.54) is 12.1 Å². The highest BCUT2D eigenvalue weighted by atomic mass is 79.9. The molecule has 20 heavy (non-hydrogen) atoms. The number of sulfone groups is 1. The maximum absolute atomic E-state index is 13.5. The fourth-order valence-electron chi connectivity index (χ4n) is 2.67. The molecule has 3 nitrogen and oxygen atoms in total. The molecule has 1 heterocycles. The SMILES string of the molecule is CCCNC(c1cc(F)ccc1Br)C1CCS(=O)(=O)C1. The van der Waals surface area contributed by atoms with E-state index >= 15 is 0 Å². The van der Waals surface area contributed by atoms with Gasteiger partial charge in [-0.1, -0.05) is 22.9 Å². The van der Waals surface area contributed by atoms with E-state index in [-0.39, 0.29) is 29.3 Å². The molecule has 1 aromatic carbocycles. The third kappa shape index (κ3) is 3.80. The van der Waals surface area contributed by atoms with Gasteiger partial charge in [0.1, 0.15) is 5.82 Å². The van der Waals surface area contributed by atoms with E-state index in [0.717, 1.165) is 23.0 Å². The van der Waals surface area contributed by atoms with E-state index in [0.29, 0.717) is 6.42 Å². The van der Waals surface area contributed by atoms with Crippen LogP contribution in [0.15, 0.2) is 22.7 Å². The van der Waals surface area contributed by atoms with Crippen molar-refractivity contribution in [3.63, 3.8) is 0 Å². The lowest BCUT2D eigenvalue weighted by atomic mass is 9.92. The molecule has 112 valence electrons. The van der Waals surface area contributed by atoms with E-state index in [2.05, 4.69) is 28.2 Å².